The molecule has 2 atom stereocenters. The average molecular weight is 298 g/mol. The van der Waals surface area contributed by atoms with Gasteiger partial charge < -0.3 is 15.4 Å². The summed E-state index contributed by atoms with van der Waals surface area (Å²) in [4.78, 5) is 12.0. The molecule has 1 aliphatic heterocycles. The van der Waals surface area contributed by atoms with Gasteiger partial charge in [-0.15, -0.1) is 0 Å². The van der Waals surface area contributed by atoms with Gasteiger partial charge in [-0.3, -0.25) is 4.79 Å². The first-order chi connectivity index (χ1) is 10.0. The van der Waals surface area contributed by atoms with Gasteiger partial charge in [0.15, 0.2) is 0 Å². The van der Waals surface area contributed by atoms with Crippen molar-refractivity contribution in [2.45, 2.75) is 44.9 Å². The van der Waals surface area contributed by atoms with E-state index in [2.05, 4.69) is 22.3 Å². The number of carbonyl (C=O) groups is 1. The maximum atomic E-state index is 12.0. The number of halogens is 2. The number of piperidine rings is 1. The van der Waals surface area contributed by atoms with Crippen molar-refractivity contribution in [3.05, 3.63) is 29.8 Å². The molecular formula is C15H20F2N2O2. The van der Waals surface area contributed by atoms with Crippen molar-refractivity contribution in [2.75, 3.05) is 6.54 Å². The molecule has 0 aromatic heterocycles. The van der Waals surface area contributed by atoms with Crippen LogP contribution in [0.4, 0.5) is 8.78 Å². The molecule has 6 heteroatoms. The minimum Gasteiger partial charge on any atom is -0.435 e. The van der Waals surface area contributed by atoms with Crippen LogP contribution in [0.25, 0.3) is 0 Å². The monoisotopic (exact) mass is 298 g/mol. The van der Waals surface area contributed by atoms with Crippen LogP contribution in [-0.4, -0.2) is 31.1 Å². The average Bonchev–Trinajstić information content (AvgIpc) is 2.43. The Hall–Kier alpha value is -1.69. The molecule has 0 radical (unpaired) electrons. The van der Waals surface area contributed by atoms with Gasteiger partial charge in [-0.2, -0.15) is 8.78 Å². The molecule has 2 N–H and O–H groups in total. The predicted molar refractivity (Wildman–Crippen MR) is 75.4 cm³/mol. The second kappa shape index (κ2) is 7.36. The highest BCUT2D eigenvalue weighted by molar-refractivity contribution is 5.79. The highest BCUT2D eigenvalue weighted by Crippen LogP contribution is 2.15. The summed E-state index contributed by atoms with van der Waals surface area (Å²) in [6.07, 6.45) is 2.26. The number of ether oxygens (including phenoxy) is 1. The molecule has 1 saturated heterocycles. The van der Waals surface area contributed by atoms with Crippen LogP contribution in [-0.2, 0) is 11.2 Å². The fourth-order valence-corrected chi connectivity index (χ4v) is 2.47. The minimum absolute atomic E-state index is 0.0573. The lowest BCUT2D eigenvalue weighted by Crippen LogP contribution is -2.52. The van der Waals surface area contributed by atoms with E-state index in [1.165, 1.54) is 12.1 Å². The van der Waals surface area contributed by atoms with E-state index in [0.29, 0.717) is 0 Å². The summed E-state index contributed by atoms with van der Waals surface area (Å²) in [7, 11) is 0. The summed E-state index contributed by atoms with van der Waals surface area (Å²) in [5.74, 6) is 0.0392. The van der Waals surface area contributed by atoms with E-state index in [4.69, 9.17) is 0 Å². The van der Waals surface area contributed by atoms with Gasteiger partial charge in [0.05, 0.1) is 6.42 Å². The van der Waals surface area contributed by atoms with E-state index >= 15 is 0 Å². The van der Waals surface area contributed by atoms with E-state index in [1.54, 1.807) is 12.1 Å². The summed E-state index contributed by atoms with van der Waals surface area (Å²) in [6, 6.07) is 6.55. The lowest BCUT2D eigenvalue weighted by atomic mass is 9.99. The molecule has 21 heavy (non-hydrogen) atoms. The summed E-state index contributed by atoms with van der Waals surface area (Å²) >= 11 is 0. The SMILES string of the molecule is CC1NCCCC1NC(=O)Cc1ccc(OC(F)F)cc1. The summed E-state index contributed by atoms with van der Waals surface area (Å²) < 4.78 is 28.3. The number of amides is 1. The Bertz CT molecular complexity index is 465. The second-order valence-corrected chi connectivity index (χ2v) is 5.26. The van der Waals surface area contributed by atoms with E-state index in [9.17, 15) is 13.6 Å². The van der Waals surface area contributed by atoms with Crippen LogP contribution < -0.4 is 15.4 Å². The maximum absolute atomic E-state index is 12.0. The smallest absolute Gasteiger partial charge is 0.387 e. The van der Waals surface area contributed by atoms with Crippen molar-refractivity contribution in [2.24, 2.45) is 0 Å². The van der Waals surface area contributed by atoms with Crippen molar-refractivity contribution in [1.29, 1.82) is 0 Å². The van der Waals surface area contributed by atoms with E-state index in [1.807, 2.05) is 0 Å². The normalized spacial score (nSPS) is 22.1. The highest BCUT2D eigenvalue weighted by Gasteiger charge is 2.22. The molecule has 0 spiro atoms. The first-order valence-electron chi connectivity index (χ1n) is 7.11. The number of rotatable bonds is 5. The molecule has 2 rings (SSSR count). The van der Waals surface area contributed by atoms with Gasteiger partial charge in [0.2, 0.25) is 5.91 Å². The molecule has 4 nitrogen and oxygen atoms in total. The van der Waals surface area contributed by atoms with Crippen molar-refractivity contribution >= 4 is 5.91 Å². The van der Waals surface area contributed by atoms with Crippen LogP contribution in [0, 0.1) is 0 Å². The summed E-state index contributed by atoms with van der Waals surface area (Å²) in [6.45, 7) is 0.208. The Labute approximate surface area is 122 Å². The Morgan fingerprint density at radius 1 is 1.43 bits per heavy atom. The molecule has 0 bridgehead atoms. The zero-order chi connectivity index (χ0) is 15.2. The lowest BCUT2D eigenvalue weighted by Gasteiger charge is -2.30. The molecule has 1 fully saturated rings. The molecule has 0 saturated carbocycles. The summed E-state index contributed by atoms with van der Waals surface area (Å²) in [5.41, 5.74) is 0.769. The van der Waals surface area contributed by atoms with Gasteiger partial charge in [-0.1, -0.05) is 12.1 Å². The maximum Gasteiger partial charge on any atom is 0.387 e. The van der Waals surface area contributed by atoms with Gasteiger partial charge in [-0.25, -0.2) is 0 Å². The fraction of sp³-hybridized carbons (Fsp3) is 0.533. The van der Waals surface area contributed by atoms with E-state index in [0.717, 1.165) is 24.9 Å². The van der Waals surface area contributed by atoms with Crippen LogP contribution in [0.1, 0.15) is 25.3 Å². The van der Waals surface area contributed by atoms with Gasteiger partial charge >= 0.3 is 6.61 Å². The lowest BCUT2D eigenvalue weighted by molar-refractivity contribution is -0.121. The largest absolute Gasteiger partial charge is 0.435 e. The molecular weight excluding hydrogens is 278 g/mol. The molecule has 116 valence electrons. The number of hydrogen-bond donors (Lipinski definition) is 2. The van der Waals surface area contributed by atoms with Crippen LogP contribution in [0.15, 0.2) is 24.3 Å². The molecule has 1 amide bonds. The Balaban J connectivity index is 1.84. The molecule has 1 heterocycles. The van der Waals surface area contributed by atoms with E-state index in [-0.39, 0.29) is 30.2 Å². The highest BCUT2D eigenvalue weighted by atomic mass is 19.3. The number of alkyl halides is 2. The first kappa shape index (κ1) is 15.7. The third kappa shape index (κ3) is 4.97. The van der Waals surface area contributed by atoms with Gasteiger partial charge in [0.25, 0.3) is 0 Å². The molecule has 0 aliphatic carbocycles. The molecule has 2 unspecified atom stereocenters. The standard InChI is InChI=1S/C15H20F2N2O2/c1-10-13(3-2-8-18-10)19-14(20)9-11-4-6-12(7-5-11)21-15(16)17/h4-7,10,13,15,18H,2-3,8-9H2,1H3,(H,19,20). The first-order valence-corrected chi connectivity index (χ1v) is 7.11. The third-order valence-corrected chi connectivity index (χ3v) is 3.62. The van der Waals surface area contributed by atoms with Gasteiger partial charge in [0, 0.05) is 12.1 Å². The quantitative estimate of drug-likeness (QED) is 0.875. The number of carbonyl (C=O) groups excluding carboxylic acids is 1. The van der Waals surface area contributed by atoms with Crippen LogP contribution in [0.2, 0.25) is 0 Å². The van der Waals surface area contributed by atoms with Gasteiger partial charge in [-0.05, 0) is 44.0 Å². The molecule has 1 aromatic rings. The van der Waals surface area contributed by atoms with Crippen molar-refractivity contribution in [3.8, 4) is 5.75 Å². The van der Waals surface area contributed by atoms with Crippen LogP contribution in [0.5, 0.6) is 5.75 Å². The number of hydrogen-bond acceptors (Lipinski definition) is 3. The van der Waals surface area contributed by atoms with Crippen molar-refractivity contribution < 1.29 is 18.3 Å². The van der Waals surface area contributed by atoms with Crippen LogP contribution >= 0.6 is 0 Å². The van der Waals surface area contributed by atoms with Crippen molar-refractivity contribution in [3.63, 3.8) is 0 Å². The zero-order valence-electron chi connectivity index (χ0n) is 11.9. The number of benzene rings is 1. The Morgan fingerprint density at radius 3 is 2.76 bits per heavy atom. The molecule has 1 aliphatic rings. The van der Waals surface area contributed by atoms with Crippen LogP contribution in [0.3, 0.4) is 0 Å². The third-order valence-electron chi connectivity index (χ3n) is 3.62. The minimum atomic E-state index is -2.83. The second-order valence-electron chi connectivity index (χ2n) is 5.26. The van der Waals surface area contributed by atoms with E-state index < -0.39 is 6.61 Å². The topological polar surface area (TPSA) is 50.4 Å². The van der Waals surface area contributed by atoms with Gasteiger partial charge in [0.1, 0.15) is 5.75 Å². The fourth-order valence-electron chi connectivity index (χ4n) is 2.47. The Kier molecular flexibility index (Phi) is 5.50. The summed E-state index contributed by atoms with van der Waals surface area (Å²) in [5, 5.41) is 6.34. The zero-order valence-corrected chi connectivity index (χ0v) is 11.9. The Morgan fingerprint density at radius 2 is 2.14 bits per heavy atom. The van der Waals surface area contributed by atoms with Crippen molar-refractivity contribution in [1.82, 2.24) is 10.6 Å². The predicted octanol–water partition coefficient (Wildman–Crippen LogP) is 2.09. The number of nitrogens with one attached hydrogen (secondary N) is 2. The molecule has 1 aromatic carbocycles.